The molecule has 7 nitrogen and oxygen atoms in total. The molecule has 0 aromatic carbocycles. The normalized spacial score (nSPS) is 24.7. The number of fused-ring (bicyclic) bond motifs is 1. The van der Waals surface area contributed by atoms with Gasteiger partial charge in [0.2, 0.25) is 0 Å². The zero-order valence-corrected chi connectivity index (χ0v) is 11.2. The van der Waals surface area contributed by atoms with Crippen LogP contribution >= 0.6 is 0 Å². The van der Waals surface area contributed by atoms with Crippen LogP contribution in [0.3, 0.4) is 0 Å². The molecule has 7 heteroatoms. The number of hydrogen-bond donors (Lipinski definition) is 2. The zero-order valence-electron chi connectivity index (χ0n) is 11.2. The lowest BCUT2D eigenvalue weighted by Gasteiger charge is -2.32. The van der Waals surface area contributed by atoms with Crippen molar-refractivity contribution in [3.63, 3.8) is 0 Å². The minimum Gasteiger partial charge on any atom is -0.396 e. The van der Waals surface area contributed by atoms with Crippen molar-refractivity contribution in [3.05, 3.63) is 21.6 Å². The molecule has 1 fully saturated rings. The van der Waals surface area contributed by atoms with Gasteiger partial charge in [0.15, 0.2) is 5.82 Å². The van der Waals surface area contributed by atoms with E-state index in [1.807, 2.05) is 11.8 Å². The molecule has 2 rings (SSSR count). The Labute approximate surface area is 112 Å². The van der Waals surface area contributed by atoms with E-state index in [1.165, 1.54) is 0 Å². The van der Waals surface area contributed by atoms with Crippen molar-refractivity contribution in [1.29, 1.82) is 0 Å². The van der Waals surface area contributed by atoms with Crippen molar-refractivity contribution in [3.8, 4) is 0 Å². The molecule has 0 aromatic heterocycles. The highest BCUT2D eigenvalue weighted by atomic mass is 16.6. The van der Waals surface area contributed by atoms with Gasteiger partial charge in [-0.1, -0.05) is 6.92 Å². The Balaban J connectivity index is 2.24. The highest BCUT2D eigenvalue weighted by Gasteiger charge is 2.40. The highest BCUT2D eigenvalue weighted by Crippen LogP contribution is 2.33. The molecule has 0 aliphatic carbocycles. The third-order valence-corrected chi connectivity index (χ3v) is 3.97. The fourth-order valence-electron chi connectivity index (χ4n) is 2.77. The van der Waals surface area contributed by atoms with E-state index in [0.29, 0.717) is 38.3 Å². The second kappa shape index (κ2) is 5.75. The van der Waals surface area contributed by atoms with E-state index in [1.54, 1.807) is 4.90 Å². The van der Waals surface area contributed by atoms with Crippen LogP contribution in [0.2, 0.25) is 0 Å². The SMILES string of the molecule is CCC(CO)CN1CCN2C1=C([N+](=O)[O-])CCC2O. The van der Waals surface area contributed by atoms with E-state index < -0.39 is 6.23 Å². The van der Waals surface area contributed by atoms with Gasteiger partial charge in [0, 0.05) is 39.1 Å². The number of hydrogen-bond acceptors (Lipinski definition) is 6. The van der Waals surface area contributed by atoms with Crippen LogP contribution in [0.5, 0.6) is 0 Å². The fraction of sp³-hybridized carbons (Fsp3) is 0.833. The van der Waals surface area contributed by atoms with Crippen LogP contribution < -0.4 is 0 Å². The van der Waals surface area contributed by atoms with Gasteiger partial charge in [-0.25, -0.2) is 0 Å². The first-order valence-corrected chi connectivity index (χ1v) is 6.76. The molecule has 0 aromatic rings. The smallest absolute Gasteiger partial charge is 0.286 e. The number of aliphatic hydroxyl groups excluding tert-OH is 2. The van der Waals surface area contributed by atoms with Crippen LogP contribution in [0, 0.1) is 16.0 Å². The van der Waals surface area contributed by atoms with Crippen molar-refractivity contribution in [2.45, 2.75) is 32.4 Å². The first-order chi connectivity index (χ1) is 9.08. The van der Waals surface area contributed by atoms with Gasteiger partial charge in [0.1, 0.15) is 6.23 Å². The maximum Gasteiger partial charge on any atom is 0.286 e. The maximum absolute atomic E-state index is 11.1. The van der Waals surface area contributed by atoms with E-state index in [4.69, 9.17) is 0 Å². The predicted molar refractivity (Wildman–Crippen MR) is 68.4 cm³/mol. The molecular weight excluding hydrogens is 250 g/mol. The molecule has 0 saturated carbocycles. The summed E-state index contributed by atoms with van der Waals surface area (Å²) in [5.41, 5.74) is 0.190. The molecule has 0 amide bonds. The highest BCUT2D eigenvalue weighted by molar-refractivity contribution is 5.14. The number of rotatable bonds is 5. The number of nitrogens with zero attached hydrogens (tertiary/aromatic N) is 3. The fourth-order valence-corrected chi connectivity index (χ4v) is 2.77. The molecule has 0 spiro atoms. The van der Waals surface area contributed by atoms with Crippen molar-refractivity contribution in [2.24, 2.45) is 5.92 Å². The second-order valence-electron chi connectivity index (χ2n) is 5.14. The Hall–Kier alpha value is -1.34. The zero-order chi connectivity index (χ0) is 14.0. The molecule has 2 aliphatic heterocycles. The quantitative estimate of drug-likeness (QED) is 0.547. The summed E-state index contributed by atoms with van der Waals surface area (Å²) in [4.78, 5) is 14.4. The summed E-state index contributed by atoms with van der Waals surface area (Å²) in [7, 11) is 0. The monoisotopic (exact) mass is 271 g/mol. The minimum absolute atomic E-state index is 0.0800. The van der Waals surface area contributed by atoms with Crippen LogP contribution in [-0.2, 0) is 0 Å². The summed E-state index contributed by atoms with van der Waals surface area (Å²) in [5, 5.41) is 30.3. The molecule has 2 heterocycles. The van der Waals surface area contributed by atoms with Gasteiger partial charge in [-0.3, -0.25) is 10.1 Å². The molecule has 2 N–H and O–H groups in total. The lowest BCUT2D eigenvalue weighted by atomic mass is 10.1. The van der Waals surface area contributed by atoms with Gasteiger partial charge in [0.25, 0.3) is 5.70 Å². The Morgan fingerprint density at radius 3 is 2.84 bits per heavy atom. The van der Waals surface area contributed by atoms with Crippen LogP contribution in [0.25, 0.3) is 0 Å². The molecule has 0 radical (unpaired) electrons. The van der Waals surface area contributed by atoms with Crippen LogP contribution in [-0.4, -0.2) is 57.4 Å². The van der Waals surface area contributed by atoms with Gasteiger partial charge in [-0.2, -0.15) is 0 Å². The van der Waals surface area contributed by atoms with Gasteiger partial charge >= 0.3 is 0 Å². The molecule has 0 bridgehead atoms. The van der Waals surface area contributed by atoms with Crippen LogP contribution in [0.1, 0.15) is 26.2 Å². The minimum atomic E-state index is -0.627. The number of aliphatic hydroxyl groups is 2. The van der Waals surface area contributed by atoms with E-state index in [9.17, 15) is 20.3 Å². The predicted octanol–water partition coefficient (Wildman–Crippen LogP) is 0.180. The second-order valence-corrected chi connectivity index (χ2v) is 5.14. The molecule has 2 aliphatic rings. The Kier molecular flexibility index (Phi) is 4.26. The van der Waals surface area contributed by atoms with Crippen molar-refractivity contribution in [2.75, 3.05) is 26.2 Å². The molecule has 2 atom stereocenters. The Bertz CT molecular complexity index is 381. The van der Waals surface area contributed by atoms with Gasteiger partial charge < -0.3 is 20.0 Å². The average molecular weight is 271 g/mol. The van der Waals surface area contributed by atoms with E-state index in [-0.39, 0.29) is 23.1 Å². The summed E-state index contributed by atoms with van der Waals surface area (Å²) in [6, 6.07) is 0. The summed E-state index contributed by atoms with van der Waals surface area (Å²) in [6.45, 7) is 3.95. The summed E-state index contributed by atoms with van der Waals surface area (Å²) < 4.78 is 0. The van der Waals surface area contributed by atoms with Crippen molar-refractivity contribution < 1.29 is 15.1 Å². The van der Waals surface area contributed by atoms with Gasteiger partial charge in [-0.15, -0.1) is 0 Å². The summed E-state index contributed by atoms with van der Waals surface area (Å²) in [5.74, 6) is 0.662. The lowest BCUT2D eigenvalue weighted by molar-refractivity contribution is -0.433. The molecular formula is C12H21N3O4. The number of nitro groups is 1. The third-order valence-electron chi connectivity index (χ3n) is 3.97. The summed E-state index contributed by atoms with van der Waals surface area (Å²) in [6.07, 6.45) is 0.909. The van der Waals surface area contributed by atoms with Crippen molar-refractivity contribution >= 4 is 0 Å². The molecule has 108 valence electrons. The molecule has 2 unspecified atom stereocenters. The molecule has 19 heavy (non-hydrogen) atoms. The van der Waals surface area contributed by atoms with E-state index in [0.717, 1.165) is 6.42 Å². The first kappa shape index (κ1) is 14.1. The largest absolute Gasteiger partial charge is 0.396 e. The van der Waals surface area contributed by atoms with Crippen LogP contribution in [0.4, 0.5) is 0 Å². The van der Waals surface area contributed by atoms with E-state index in [2.05, 4.69) is 0 Å². The maximum atomic E-state index is 11.1. The van der Waals surface area contributed by atoms with E-state index >= 15 is 0 Å². The van der Waals surface area contributed by atoms with Crippen LogP contribution in [0.15, 0.2) is 11.5 Å². The topological polar surface area (TPSA) is 90.1 Å². The summed E-state index contributed by atoms with van der Waals surface area (Å²) >= 11 is 0. The van der Waals surface area contributed by atoms with Gasteiger partial charge in [-0.05, 0) is 12.3 Å². The van der Waals surface area contributed by atoms with Crippen molar-refractivity contribution in [1.82, 2.24) is 9.80 Å². The Morgan fingerprint density at radius 2 is 2.26 bits per heavy atom. The molecule has 1 saturated heterocycles. The standard InChI is InChI=1S/C12H21N3O4/c1-2-9(8-16)7-13-5-6-14-11(17)4-3-10(12(13)14)15(18)19/h9,11,16-17H,2-8H2,1H3. The third kappa shape index (κ3) is 2.66. The Morgan fingerprint density at radius 1 is 1.53 bits per heavy atom. The lowest BCUT2D eigenvalue weighted by Crippen LogP contribution is -2.39. The number of allylic oxidation sites excluding steroid dienone is 1. The first-order valence-electron chi connectivity index (χ1n) is 6.76. The van der Waals surface area contributed by atoms with Gasteiger partial charge in [0.05, 0.1) is 4.92 Å². The average Bonchev–Trinajstić information content (AvgIpc) is 2.80.